The van der Waals surface area contributed by atoms with Crippen LogP contribution in [0.4, 0.5) is 10.5 Å². The number of fused-ring (bicyclic) bond motifs is 1. The summed E-state index contributed by atoms with van der Waals surface area (Å²) in [6.07, 6.45) is 0.510. The van der Waals surface area contributed by atoms with Gasteiger partial charge in [-0.05, 0) is 30.2 Å². The van der Waals surface area contributed by atoms with Crippen molar-refractivity contribution in [2.45, 2.75) is 12.5 Å². The Balaban J connectivity index is 1.66. The van der Waals surface area contributed by atoms with Gasteiger partial charge in [0, 0.05) is 19.3 Å². The smallest absolute Gasteiger partial charge is 0.410 e. The molecule has 0 aromatic heterocycles. The molecular weight excluding hydrogens is 264 g/mol. The van der Waals surface area contributed by atoms with Gasteiger partial charge in [-0.2, -0.15) is 0 Å². The fourth-order valence-corrected chi connectivity index (χ4v) is 2.51. The number of anilines is 1. The Morgan fingerprint density at radius 1 is 1.14 bits per heavy atom. The molecule has 0 unspecified atom stereocenters. The normalized spacial score (nSPS) is 16.5. The SMILES string of the molecule is CN(C(=O)Oc1ccccc1)[C@H]1CNc2ccccc2C1. The van der Waals surface area contributed by atoms with Crippen molar-refractivity contribution >= 4 is 11.8 Å². The van der Waals surface area contributed by atoms with Crippen LogP contribution in [-0.4, -0.2) is 30.6 Å². The number of rotatable bonds is 2. The largest absolute Gasteiger partial charge is 0.415 e. The van der Waals surface area contributed by atoms with E-state index >= 15 is 0 Å². The number of nitrogens with one attached hydrogen (secondary N) is 1. The number of likely N-dealkylation sites (N-methyl/N-ethyl adjacent to an activating group) is 1. The second kappa shape index (κ2) is 5.87. The summed E-state index contributed by atoms with van der Waals surface area (Å²) in [6, 6.07) is 17.4. The average molecular weight is 282 g/mol. The van der Waals surface area contributed by atoms with Crippen LogP contribution in [0.5, 0.6) is 5.75 Å². The van der Waals surface area contributed by atoms with Crippen LogP contribution in [0.15, 0.2) is 54.6 Å². The Labute approximate surface area is 124 Å². The van der Waals surface area contributed by atoms with E-state index in [1.165, 1.54) is 5.56 Å². The fourth-order valence-electron chi connectivity index (χ4n) is 2.51. The van der Waals surface area contributed by atoms with Crippen molar-refractivity contribution in [1.82, 2.24) is 4.90 Å². The third-order valence-electron chi connectivity index (χ3n) is 3.79. The maximum atomic E-state index is 12.2. The molecule has 21 heavy (non-hydrogen) atoms. The van der Waals surface area contributed by atoms with Gasteiger partial charge in [-0.3, -0.25) is 0 Å². The molecule has 0 radical (unpaired) electrons. The lowest BCUT2D eigenvalue weighted by atomic mass is 9.99. The van der Waals surface area contributed by atoms with Crippen LogP contribution in [0.1, 0.15) is 5.56 Å². The molecule has 1 aliphatic rings. The minimum atomic E-state index is -0.326. The molecule has 0 bridgehead atoms. The van der Waals surface area contributed by atoms with Crippen molar-refractivity contribution in [3.8, 4) is 5.75 Å². The predicted molar refractivity (Wildman–Crippen MR) is 82.7 cm³/mol. The zero-order valence-corrected chi connectivity index (χ0v) is 12.0. The van der Waals surface area contributed by atoms with E-state index in [2.05, 4.69) is 17.4 Å². The second-order valence-electron chi connectivity index (χ2n) is 5.19. The highest BCUT2D eigenvalue weighted by Crippen LogP contribution is 2.23. The molecule has 0 saturated carbocycles. The average Bonchev–Trinajstić information content (AvgIpc) is 2.54. The molecule has 0 saturated heterocycles. The molecule has 0 aliphatic carbocycles. The first-order chi connectivity index (χ1) is 10.2. The third-order valence-corrected chi connectivity index (χ3v) is 3.79. The number of para-hydroxylation sites is 2. The van der Waals surface area contributed by atoms with E-state index in [0.29, 0.717) is 5.75 Å². The van der Waals surface area contributed by atoms with Crippen LogP contribution in [0.2, 0.25) is 0 Å². The zero-order valence-electron chi connectivity index (χ0n) is 12.0. The van der Waals surface area contributed by atoms with Crippen molar-refractivity contribution in [2.75, 3.05) is 18.9 Å². The summed E-state index contributed by atoms with van der Waals surface area (Å²) < 4.78 is 5.38. The molecule has 1 aliphatic heterocycles. The van der Waals surface area contributed by atoms with Crippen LogP contribution in [0.3, 0.4) is 0 Å². The van der Waals surface area contributed by atoms with E-state index in [1.807, 2.05) is 30.3 Å². The van der Waals surface area contributed by atoms with E-state index in [9.17, 15) is 4.79 Å². The summed E-state index contributed by atoms with van der Waals surface area (Å²) in [5.74, 6) is 0.568. The summed E-state index contributed by atoms with van der Waals surface area (Å²) in [4.78, 5) is 13.9. The number of benzene rings is 2. The van der Waals surface area contributed by atoms with Crippen LogP contribution in [0, 0.1) is 0 Å². The molecule has 4 heteroatoms. The molecule has 108 valence electrons. The number of hydrogen-bond donors (Lipinski definition) is 1. The van der Waals surface area contributed by atoms with E-state index in [4.69, 9.17) is 4.74 Å². The molecule has 3 rings (SSSR count). The van der Waals surface area contributed by atoms with Crippen molar-refractivity contribution in [3.05, 3.63) is 60.2 Å². The van der Waals surface area contributed by atoms with Crippen LogP contribution >= 0.6 is 0 Å². The van der Waals surface area contributed by atoms with Gasteiger partial charge in [0.25, 0.3) is 0 Å². The Morgan fingerprint density at radius 2 is 1.86 bits per heavy atom. The van der Waals surface area contributed by atoms with Crippen molar-refractivity contribution in [1.29, 1.82) is 0 Å². The molecule has 1 heterocycles. The minimum Gasteiger partial charge on any atom is -0.410 e. The minimum absolute atomic E-state index is 0.0936. The monoisotopic (exact) mass is 282 g/mol. The Hall–Kier alpha value is -2.49. The maximum absolute atomic E-state index is 12.2. The number of hydrogen-bond acceptors (Lipinski definition) is 3. The fraction of sp³-hybridized carbons (Fsp3) is 0.235. The lowest BCUT2D eigenvalue weighted by Crippen LogP contribution is -2.46. The topological polar surface area (TPSA) is 41.6 Å². The molecule has 0 spiro atoms. The molecule has 2 aromatic carbocycles. The molecule has 0 fully saturated rings. The van der Waals surface area contributed by atoms with Gasteiger partial charge in [-0.25, -0.2) is 4.79 Å². The number of ether oxygens (including phenoxy) is 1. The van der Waals surface area contributed by atoms with E-state index in [0.717, 1.165) is 18.7 Å². The maximum Gasteiger partial charge on any atom is 0.415 e. The van der Waals surface area contributed by atoms with Crippen molar-refractivity contribution < 1.29 is 9.53 Å². The number of carbonyl (C=O) groups is 1. The lowest BCUT2D eigenvalue weighted by Gasteiger charge is -2.32. The quantitative estimate of drug-likeness (QED) is 0.920. The molecular formula is C17H18N2O2. The highest BCUT2D eigenvalue weighted by molar-refractivity contribution is 5.71. The van der Waals surface area contributed by atoms with Crippen molar-refractivity contribution in [3.63, 3.8) is 0 Å². The van der Waals surface area contributed by atoms with Crippen LogP contribution in [0.25, 0.3) is 0 Å². The zero-order chi connectivity index (χ0) is 14.7. The molecule has 2 aromatic rings. The van der Waals surface area contributed by atoms with Crippen molar-refractivity contribution in [2.24, 2.45) is 0 Å². The van der Waals surface area contributed by atoms with E-state index in [1.54, 1.807) is 24.1 Å². The molecule has 1 amide bonds. The number of nitrogens with zero attached hydrogens (tertiary/aromatic N) is 1. The number of carbonyl (C=O) groups excluding carboxylic acids is 1. The Morgan fingerprint density at radius 3 is 2.67 bits per heavy atom. The summed E-state index contributed by atoms with van der Waals surface area (Å²) in [6.45, 7) is 0.734. The van der Waals surface area contributed by atoms with Gasteiger partial charge >= 0.3 is 6.09 Å². The predicted octanol–water partition coefficient (Wildman–Crippen LogP) is 3.15. The molecule has 4 nitrogen and oxygen atoms in total. The summed E-state index contributed by atoms with van der Waals surface area (Å²) in [5, 5.41) is 3.36. The molecule has 1 N–H and O–H groups in total. The van der Waals surface area contributed by atoms with Gasteiger partial charge < -0.3 is 15.0 Å². The first-order valence-electron chi connectivity index (χ1n) is 7.05. The van der Waals surface area contributed by atoms with Crippen LogP contribution < -0.4 is 10.1 Å². The first-order valence-corrected chi connectivity index (χ1v) is 7.05. The van der Waals surface area contributed by atoms with E-state index < -0.39 is 0 Å². The summed E-state index contributed by atoms with van der Waals surface area (Å²) in [7, 11) is 1.78. The van der Waals surface area contributed by atoms with Gasteiger partial charge in [-0.15, -0.1) is 0 Å². The molecule has 1 atom stereocenters. The van der Waals surface area contributed by atoms with Gasteiger partial charge in [-0.1, -0.05) is 36.4 Å². The highest BCUT2D eigenvalue weighted by atomic mass is 16.6. The standard InChI is InChI=1S/C17H18N2O2/c1-19(17(20)21-15-8-3-2-4-9-15)14-11-13-7-5-6-10-16(13)18-12-14/h2-10,14,18H,11-12H2,1H3/t14-/m1/s1. The summed E-state index contributed by atoms with van der Waals surface area (Å²) >= 11 is 0. The van der Waals surface area contributed by atoms with Gasteiger partial charge in [0.2, 0.25) is 0 Å². The van der Waals surface area contributed by atoms with Gasteiger partial charge in [0.05, 0.1) is 6.04 Å². The van der Waals surface area contributed by atoms with E-state index in [-0.39, 0.29) is 12.1 Å². The Kier molecular flexibility index (Phi) is 3.77. The lowest BCUT2D eigenvalue weighted by molar-refractivity contribution is 0.146. The van der Waals surface area contributed by atoms with Crippen LogP contribution in [-0.2, 0) is 6.42 Å². The first kappa shape index (κ1) is 13.5. The van der Waals surface area contributed by atoms with Gasteiger partial charge in [0.15, 0.2) is 0 Å². The highest BCUT2D eigenvalue weighted by Gasteiger charge is 2.25. The third kappa shape index (κ3) is 2.99. The van der Waals surface area contributed by atoms with Gasteiger partial charge in [0.1, 0.15) is 5.75 Å². The second-order valence-corrected chi connectivity index (χ2v) is 5.19. The summed E-state index contributed by atoms with van der Waals surface area (Å²) in [5.41, 5.74) is 2.38. The Bertz CT molecular complexity index is 628. The number of amides is 1.